The van der Waals surface area contributed by atoms with Gasteiger partial charge >= 0.3 is 0 Å². The van der Waals surface area contributed by atoms with Crippen LogP contribution in [-0.4, -0.2) is 25.6 Å². The van der Waals surface area contributed by atoms with Crippen LogP contribution in [0.5, 0.6) is 5.75 Å². The quantitative estimate of drug-likeness (QED) is 0.804. The predicted molar refractivity (Wildman–Crippen MR) is 62.8 cm³/mol. The van der Waals surface area contributed by atoms with E-state index in [1.165, 1.54) is 12.5 Å². The number of carbonyl (C=O) groups excluding carboxylic acids is 1. The van der Waals surface area contributed by atoms with Gasteiger partial charge in [0.15, 0.2) is 0 Å². The van der Waals surface area contributed by atoms with Crippen molar-refractivity contribution < 1.29 is 9.53 Å². The lowest BCUT2D eigenvalue weighted by Gasteiger charge is -2.10. The van der Waals surface area contributed by atoms with Crippen LogP contribution in [0.2, 0.25) is 0 Å². The van der Waals surface area contributed by atoms with Crippen molar-refractivity contribution in [2.75, 3.05) is 19.0 Å². The molecule has 4 heteroatoms. The van der Waals surface area contributed by atoms with Crippen molar-refractivity contribution in [3.8, 4) is 5.75 Å². The predicted octanol–water partition coefficient (Wildman–Crippen LogP) is 1.17. The summed E-state index contributed by atoms with van der Waals surface area (Å²) >= 11 is 0. The Morgan fingerprint density at radius 2 is 2.44 bits per heavy atom. The van der Waals surface area contributed by atoms with Crippen LogP contribution in [0.4, 0.5) is 5.69 Å². The molecule has 0 fully saturated rings. The van der Waals surface area contributed by atoms with Crippen molar-refractivity contribution in [2.24, 2.45) is 0 Å². The minimum Gasteiger partial charge on any atom is -0.497 e. The number of hydrogen-bond donors (Lipinski definition) is 2. The molecular weight excluding hydrogens is 204 g/mol. The molecule has 2 N–H and O–H groups in total. The molecule has 0 aromatic heterocycles. The van der Waals surface area contributed by atoms with Crippen LogP contribution in [-0.2, 0) is 11.2 Å². The van der Waals surface area contributed by atoms with Crippen LogP contribution >= 0.6 is 0 Å². The summed E-state index contributed by atoms with van der Waals surface area (Å²) in [4.78, 5) is 10.8. The normalized spacial score (nSPS) is 17.5. The maximum absolute atomic E-state index is 10.8. The van der Waals surface area contributed by atoms with Crippen molar-refractivity contribution in [2.45, 2.75) is 19.4 Å². The molecule has 1 aliphatic heterocycles. The monoisotopic (exact) mass is 220 g/mol. The average molecular weight is 220 g/mol. The fraction of sp³-hybridized carbons (Fsp3) is 0.417. The first-order valence-corrected chi connectivity index (χ1v) is 5.37. The van der Waals surface area contributed by atoms with Crippen molar-refractivity contribution in [1.82, 2.24) is 5.32 Å². The Morgan fingerprint density at radius 1 is 1.62 bits per heavy atom. The summed E-state index contributed by atoms with van der Waals surface area (Å²) in [7, 11) is 1.67. The fourth-order valence-corrected chi connectivity index (χ4v) is 1.93. The molecule has 86 valence electrons. The number of fused-ring (bicyclic) bond motifs is 1. The second-order valence-corrected chi connectivity index (χ2v) is 4.01. The molecule has 1 amide bonds. The van der Waals surface area contributed by atoms with E-state index in [1.807, 2.05) is 18.2 Å². The maximum atomic E-state index is 10.8. The van der Waals surface area contributed by atoms with E-state index in [4.69, 9.17) is 4.74 Å². The van der Waals surface area contributed by atoms with Crippen LogP contribution in [0.15, 0.2) is 18.2 Å². The first kappa shape index (κ1) is 10.8. The SMILES string of the molecule is COc1ccc2c(c1)CC(CNC(C)=O)N2. The second kappa shape index (κ2) is 4.43. The third kappa shape index (κ3) is 2.27. The summed E-state index contributed by atoms with van der Waals surface area (Å²) < 4.78 is 5.18. The molecule has 1 aliphatic rings. The number of benzene rings is 1. The minimum absolute atomic E-state index is 0.00957. The number of rotatable bonds is 3. The van der Waals surface area contributed by atoms with Crippen molar-refractivity contribution in [3.63, 3.8) is 0 Å². The molecule has 0 aliphatic carbocycles. The van der Waals surface area contributed by atoms with E-state index < -0.39 is 0 Å². The summed E-state index contributed by atoms with van der Waals surface area (Å²) in [5.41, 5.74) is 2.38. The van der Waals surface area contributed by atoms with Gasteiger partial charge in [-0.3, -0.25) is 4.79 Å². The lowest BCUT2D eigenvalue weighted by Crippen LogP contribution is -2.33. The van der Waals surface area contributed by atoms with Crippen LogP contribution in [0.25, 0.3) is 0 Å². The molecule has 16 heavy (non-hydrogen) atoms. The highest BCUT2D eigenvalue weighted by atomic mass is 16.5. The Balaban J connectivity index is 2.00. The molecule has 1 aromatic rings. The molecular formula is C12H16N2O2. The first-order chi connectivity index (χ1) is 7.69. The van der Waals surface area contributed by atoms with Gasteiger partial charge in [0.05, 0.1) is 7.11 Å². The number of carbonyl (C=O) groups is 1. The standard InChI is InChI=1S/C12H16N2O2/c1-8(15)13-7-10-5-9-6-11(16-2)3-4-12(9)14-10/h3-4,6,10,14H,5,7H2,1-2H3,(H,13,15). The third-order valence-corrected chi connectivity index (χ3v) is 2.74. The summed E-state index contributed by atoms with van der Waals surface area (Å²) in [6.45, 7) is 2.19. The number of amides is 1. The number of hydrogen-bond acceptors (Lipinski definition) is 3. The van der Waals surface area contributed by atoms with E-state index in [-0.39, 0.29) is 11.9 Å². The molecule has 4 nitrogen and oxygen atoms in total. The van der Waals surface area contributed by atoms with Crippen molar-refractivity contribution >= 4 is 11.6 Å². The third-order valence-electron chi connectivity index (χ3n) is 2.74. The Kier molecular flexibility index (Phi) is 2.99. The Bertz CT molecular complexity index is 404. The lowest BCUT2D eigenvalue weighted by molar-refractivity contribution is -0.118. The Morgan fingerprint density at radius 3 is 3.12 bits per heavy atom. The molecule has 0 saturated heterocycles. The summed E-state index contributed by atoms with van der Waals surface area (Å²) in [5, 5.41) is 6.19. The van der Waals surface area contributed by atoms with Crippen LogP contribution in [0.3, 0.4) is 0 Å². The largest absolute Gasteiger partial charge is 0.497 e. The van der Waals surface area contributed by atoms with Gasteiger partial charge in [-0.2, -0.15) is 0 Å². The van der Waals surface area contributed by atoms with E-state index in [0.717, 1.165) is 17.9 Å². The molecule has 1 heterocycles. The van der Waals surface area contributed by atoms with Crippen molar-refractivity contribution in [1.29, 1.82) is 0 Å². The molecule has 0 radical (unpaired) electrons. The highest BCUT2D eigenvalue weighted by Crippen LogP contribution is 2.29. The zero-order valence-electron chi connectivity index (χ0n) is 9.54. The number of nitrogens with one attached hydrogen (secondary N) is 2. The lowest BCUT2D eigenvalue weighted by atomic mass is 10.1. The van der Waals surface area contributed by atoms with Gasteiger partial charge in [-0.15, -0.1) is 0 Å². The summed E-state index contributed by atoms with van der Waals surface area (Å²) in [6, 6.07) is 6.27. The van der Waals surface area contributed by atoms with E-state index in [2.05, 4.69) is 10.6 Å². The van der Waals surface area contributed by atoms with E-state index in [0.29, 0.717) is 6.54 Å². The van der Waals surface area contributed by atoms with Gasteiger partial charge in [0, 0.05) is 25.2 Å². The molecule has 1 atom stereocenters. The summed E-state index contributed by atoms with van der Waals surface area (Å²) in [5.74, 6) is 0.885. The minimum atomic E-state index is 0.00957. The van der Waals surface area contributed by atoms with Gasteiger partial charge < -0.3 is 15.4 Å². The van der Waals surface area contributed by atoms with Gasteiger partial charge in [0.2, 0.25) is 5.91 Å². The van der Waals surface area contributed by atoms with E-state index in [9.17, 15) is 4.79 Å². The first-order valence-electron chi connectivity index (χ1n) is 5.37. The Labute approximate surface area is 95.0 Å². The van der Waals surface area contributed by atoms with Crippen LogP contribution in [0.1, 0.15) is 12.5 Å². The van der Waals surface area contributed by atoms with E-state index in [1.54, 1.807) is 7.11 Å². The van der Waals surface area contributed by atoms with Crippen molar-refractivity contribution in [3.05, 3.63) is 23.8 Å². The molecule has 1 unspecified atom stereocenters. The number of ether oxygens (including phenoxy) is 1. The van der Waals surface area contributed by atoms with Gasteiger partial charge in [-0.05, 0) is 30.2 Å². The number of anilines is 1. The highest BCUT2D eigenvalue weighted by Gasteiger charge is 2.20. The van der Waals surface area contributed by atoms with Gasteiger partial charge in [-0.1, -0.05) is 0 Å². The van der Waals surface area contributed by atoms with Crippen LogP contribution < -0.4 is 15.4 Å². The van der Waals surface area contributed by atoms with Gasteiger partial charge in [0.25, 0.3) is 0 Å². The van der Waals surface area contributed by atoms with Gasteiger partial charge in [0.1, 0.15) is 5.75 Å². The molecule has 2 rings (SSSR count). The van der Waals surface area contributed by atoms with E-state index >= 15 is 0 Å². The highest BCUT2D eigenvalue weighted by molar-refractivity contribution is 5.73. The zero-order valence-corrected chi connectivity index (χ0v) is 9.54. The molecule has 0 saturated carbocycles. The fourth-order valence-electron chi connectivity index (χ4n) is 1.93. The smallest absolute Gasteiger partial charge is 0.216 e. The molecule has 1 aromatic carbocycles. The van der Waals surface area contributed by atoms with Crippen LogP contribution in [0, 0.1) is 0 Å². The second-order valence-electron chi connectivity index (χ2n) is 4.01. The topological polar surface area (TPSA) is 50.4 Å². The maximum Gasteiger partial charge on any atom is 0.216 e. The zero-order chi connectivity index (χ0) is 11.5. The summed E-state index contributed by atoms with van der Waals surface area (Å²) in [6.07, 6.45) is 0.923. The molecule has 0 bridgehead atoms. The number of methoxy groups -OCH3 is 1. The van der Waals surface area contributed by atoms with Gasteiger partial charge in [-0.25, -0.2) is 0 Å². The molecule has 0 spiro atoms. The average Bonchev–Trinajstić information content (AvgIpc) is 2.67. The Hall–Kier alpha value is -1.71.